The fourth-order valence-electron chi connectivity index (χ4n) is 5.05. The van der Waals surface area contributed by atoms with Gasteiger partial charge in [-0.25, -0.2) is 8.78 Å². The van der Waals surface area contributed by atoms with Crippen LogP contribution in [0.3, 0.4) is 0 Å². The molecule has 0 spiro atoms. The van der Waals surface area contributed by atoms with Crippen LogP contribution in [0.4, 0.5) is 23.2 Å². The molecule has 9 heteroatoms. The molecular weight excluding hydrogens is 452 g/mol. The standard InChI is InChI=1S/C25H26F4N2O3/c1-3-24(34)12-17-6-7-18(13-24)31(17)23(33)25(28,29)19-11-15(4-8-21(19)27)22(32)30-16-5-9-20(26)14(2)10-16/h4-5,8-11,17-18,34H,3,6-7,12-13H2,1-2H3,(H,30,32). The maximum absolute atomic E-state index is 15.3. The molecule has 0 aliphatic carbocycles. The minimum Gasteiger partial charge on any atom is -0.390 e. The second-order valence-corrected chi connectivity index (χ2v) is 9.27. The summed E-state index contributed by atoms with van der Waals surface area (Å²) < 4.78 is 58.6. The number of hydrogen-bond acceptors (Lipinski definition) is 3. The van der Waals surface area contributed by atoms with Crippen molar-refractivity contribution in [2.45, 2.75) is 69.6 Å². The lowest BCUT2D eigenvalue weighted by molar-refractivity contribution is -0.169. The highest BCUT2D eigenvalue weighted by atomic mass is 19.3. The van der Waals surface area contributed by atoms with Crippen molar-refractivity contribution in [3.8, 4) is 0 Å². The van der Waals surface area contributed by atoms with Gasteiger partial charge in [-0.2, -0.15) is 8.78 Å². The van der Waals surface area contributed by atoms with Crippen LogP contribution in [-0.4, -0.2) is 39.5 Å². The van der Waals surface area contributed by atoms with E-state index < -0.39 is 52.6 Å². The number of benzene rings is 2. The molecule has 2 unspecified atom stereocenters. The Morgan fingerprint density at radius 2 is 1.71 bits per heavy atom. The van der Waals surface area contributed by atoms with Crippen molar-refractivity contribution in [1.29, 1.82) is 0 Å². The maximum atomic E-state index is 15.3. The first kappa shape index (κ1) is 24.2. The van der Waals surface area contributed by atoms with Gasteiger partial charge in [-0.15, -0.1) is 0 Å². The van der Waals surface area contributed by atoms with Crippen LogP contribution in [0.25, 0.3) is 0 Å². The number of anilines is 1. The number of piperidine rings is 1. The average Bonchev–Trinajstić information content (AvgIpc) is 3.07. The summed E-state index contributed by atoms with van der Waals surface area (Å²) in [5.74, 6) is -8.30. The zero-order valence-electron chi connectivity index (χ0n) is 18.9. The van der Waals surface area contributed by atoms with E-state index in [0.717, 1.165) is 23.1 Å². The first-order valence-electron chi connectivity index (χ1n) is 11.3. The van der Waals surface area contributed by atoms with Gasteiger partial charge in [-0.1, -0.05) is 6.92 Å². The lowest BCUT2D eigenvalue weighted by Gasteiger charge is -2.44. The number of halogens is 4. The summed E-state index contributed by atoms with van der Waals surface area (Å²) in [5, 5.41) is 13.1. The van der Waals surface area contributed by atoms with E-state index in [0.29, 0.717) is 25.3 Å². The highest BCUT2D eigenvalue weighted by Crippen LogP contribution is 2.45. The Kier molecular flexibility index (Phi) is 6.18. The van der Waals surface area contributed by atoms with Crippen LogP contribution in [0.5, 0.6) is 0 Å². The molecule has 182 valence electrons. The van der Waals surface area contributed by atoms with Gasteiger partial charge in [0.1, 0.15) is 11.6 Å². The molecule has 2 N–H and O–H groups in total. The van der Waals surface area contributed by atoms with E-state index in [1.165, 1.54) is 19.1 Å². The molecule has 2 bridgehead atoms. The van der Waals surface area contributed by atoms with E-state index in [1.54, 1.807) is 0 Å². The average molecular weight is 478 g/mol. The van der Waals surface area contributed by atoms with Crippen molar-refractivity contribution in [3.05, 3.63) is 64.7 Å². The smallest absolute Gasteiger partial charge is 0.352 e. The minimum atomic E-state index is -4.20. The zero-order valence-corrected chi connectivity index (χ0v) is 18.9. The van der Waals surface area contributed by atoms with Crippen molar-refractivity contribution in [2.24, 2.45) is 0 Å². The Hall–Kier alpha value is -2.94. The zero-order chi connectivity index (χ0) is 24.8. The molecule has 0 aromatic heterocycles. The summed E-state index contributed by atoms with van der Waals surface area (Å²) in [5.41, 5.74) is -1.93. The van der Waals surface area contributed by atoms with Crippen LogP contribution in [-0.2, 0) is 10.7 Å². The van der Waals surface area contributed by atoms with Gasteiger partial charge in [0.2, 0.25) is 0 Å². The van der Waals surface area contributed by atoms with Gasteiger partial charge in [-0.05, 0) is 81.0 Å². The molecule has 2 aliphatic heterocycles. The highest BCUT2D eigenvalue weighted by Gasteiger charge is 2.55. The van der Waals surface area contributed by atoms with E-state index in [2.05, 4.69) is 5.32 Å². The normalized spacial score (nSPS) is 24.3. The van der Waals surface area contributed by atoms with E-state index in [-0.39, 0.29) is 29.7 Å². The molecule has 0 radical (unpaired) electrons. The van der Waals surface area contributed by atoms with Crippen molar-refractivity contribution in [3.63, 3.8) is 0 Å². The molecule has 2 fully saturated rings. The Labute approximate surface area is 194 Å². The molecule has 2 aliphatic rings. The van der Waals surface area contributed by atoms with Crippen LogP contribution < -0.4 is 5.32 Å². The predicted molar refractivity (Wildman–Crippen MR) is 118 cm³/mol. The summed E-state index contributed by atoms with van der Waals surface area (Å²) in [6, 6.07) is 5.19. The fraction of sp³-hybridized carbons (Fsp3) is 0.440. The van der Waals surface area contributed by atoms with Crippen LogP contribution in [0.2, 0.25) is 0 Å². The van der Waals surface area contributed by atoms with Gasteiger partial charge < -0.3 is 15.3 Å². The number of fused-ring (bicyclic) bond motifs is 2. The molecule has 34 heavy (non-hydrogen) atoms. The summed E-state index contributed by atoms with van der Waals surface area (Å²) >= 11 is 0. The lowest BCUT2D eigenvalue weighted by atomic mass is 9.83. The van der Waals surface area contributed by atoms with E-state index in [1.807, 2.05) is 6.92 Å². The molecule has 0 saturated carbocycles. The fourth-order valence-corrected chi connectivity index (χ4v) is 5.05. The second-order valence-electron chi connectivity index (χ2n) is 9.27. The predicted octanol–water partition coefficient (Wildman–Crippen LogP) is 4.91. The topological polar surface area (TPSA) is 69.6 Å². The van der Waals surface area contributed by atoms with Gasteiger partial charge in [0.15, 0.2) is 0 Å². The van der Waals surface area contributed by atoms with E-state index in [4.69, 9.17) is 0 Å². The number of aliphatic hydroxyl groups is 1. The molecular formula is C25H26F4N2O3. The van der Waals surface area contributed by atoms with Crippen molar-refractivity contribution in [1.82, 2.24) is 4.90 Å². The molecule has 2 amide bonds. The number of nitrogens with zero attached hydrogens (tertiary/aromatic N) is 1. The third-order valence-corrected chi connectivity index (χ3v) is 6.99. The molecule has 2 heterocycles. The van der Waals surface area contributed by atoms with E-state index >= 15 is 8.78 Å². The van der Waals surface area contributed by atoms with Gasteiger partial charge >= 0.3 is 5.92 Å². The lowest BCUT2D eigenvalue weighted by Crippen LogP contribution is -2.56. The summed E-state index contributed by atoms with van der Waals surface area (Å²) in [6.07, 6.45) is 1.85. The summed E-state index contributed by atoms with van der Waals surface area (Å²) in [7, 11) is 0. The van der Waals surface area contributed by atoms with Crippen LogP contribution >= 0.6 is 0 Å². The Morgan fingerprint density at radius 3 is 2.29 bits per heavy atom. The quantitative estimate of drug-likeness (QED) is 0.600. The van der Waals surface area contributed by atoms with Crippen LogP contribution in [0.1, 0.15) is 60.5 Å². The monoisotopic (exact) mass is 478 g/mol. The third-order valence-electron chi connectivity index (χ3n) is 6.99. The number of rotatable bonds is 5. The second kappa shape index (κ2) is 8.69. The van der Waals surface area contributed by atoms with Crippen molar-refractivity contribution < 1.29 is 32.3 Å². The largest absolute Gasteiger partial charge is 0.390 e. The molecule has 2 aromatic carbocycles. The number of aryl methyl sites for hydroxylation is 1. The third kappa shape index (κ3) is 4.29. The Morgan fingerprint density at radius 1 is 1.09 bits per heavy atom. The number of hydrogen-bond donors (Lipinski definition) is 2. The Balaban J connectivity index is 1.58. The SMILES string of the molecule is CCC1(O)CC2CCC(C1)N2C(=O)C(F)(F)c1cc(C(=O)Nc2ccc(F)c(C)c2)ccc1F. The molecule has 5 nitrogen and oxygen atoms in total. The van der Waals surface area contributed by atoms with Gasteiger partial charge in [0.25, 0.3) is 11.8 Å². The number of carbonyl (C=O) groups is 2. The van der Waals surface area contributed by atoms with Crippen molar-refractivity contribution >= 4 is 17.5 Å². The van der Waals surface area contributed by atoms with Crippen LogP contribution in [0, 0.1) is 18.6 Å². The number of carbonyl (C=O) groups excluding carboxylic acids is 2. The van der Waals surface area contributed by atoms with Crippen LogP contribution in [0.15, 0.2) is 36.4 Å². The minimum absolute atomic E-state index is 0.198. The number of nitrogens with one attached hydrogen (secondary N) is 1. The molecule has 2 saturated heterocycles. The molecule has 2 atom stereocenters. The highest BCUT2D eigenvalue weighted by molar-refractivity contribution is 6.04. The molecule has 4 rings (SSSR count). The molecule has 2 aromatic rings. The van der Waals surface area contributed by atoms with Gasteiger partial charge in [-0.3, -0.25) is 9.59 Å². The number of alkyl halides is 2. The Bertz CT molecular complexity index is 1120. The number of amides is 2. The van der Waals surface area contributed by atoms with Gasteiger partial charge in [0.05, 0.1) is 11.2 Å². The maximum Gasteiger partial charge on any atom is 0.352 e. The first-order valence-corrected chi connectivity index (χ1v) is 11.3. The summed E-state index contributed by atoms with van der Waals surface area (Å²) in [6.45, 7) is 3.31. The first-order chi connectivity index (χ1) is 15.9. The van der Waals surface area contributed by atoms with Gasteiger partial charge in [0, 0.05) is 23.3 Å². The van der Waals surface area contributed by atoms with Crippen molar-refractivity contribution in [2.75, 3.05) is 5.32 Å². The van der Waals surface area contributed by atoms with E-state index in [9.17, 15) is 23.5 Å². The summed E-state index contributed by atoms with van der Waals surface area (Å²) in [4.78, 5) is 26.7.